The van der Waals surface area contributed by atoms with E-state index in [2.05, 4.69) is 27.6 Å². The highest BCUT2D eigenvalue weighted by Crippen LogP contribution is 2.31. The molecule has 3 atom stereocenters. The second-order valence-corrected chi connectivity index (χ2v) is 8.09. The molecule has 3 unspecified atom stereocenters. The third-order valence-corrected chi connectivity index (χ3v) is 6.03. The molecule has 0 spiro atoms. The number of nitrogens with zero attached hydrogens (tertiary/aromatic N) is 3. The molecule has 3 N–H and O–H groups in total. The van der Waals surface area contributed by atoms with Crippen LogP contribution in [-0.2, 0) is 4.74 Å². The van der Waals surface area contributed by atoms with Gasteiger partial charge in [0, 0.05) is 54.9 Å². The van der Waals surface area contributed by atoms with Crippen LogP contribution in [0, 0.1) is 11.2 Å². The Kier molecular flexibility index (Phi) is 4.96. The average Bonchev–Trinajstić information content (AvgIpc) is 3.18. The van der Waals surface area contributed by atoms with E-state index in [1.54, 1.807) is 11.1 Å². The van der Waals surface area contributed by atoms with Crippen molar-refractivity contribution in [3.63, 3.8) is 0 Å². The summed E-state index contributed by atoms with van der Waals surface area (Å²) in [4.78, 5) is 4.49. The highest BCUT2D eigenvalue weighted by molar-refractivity contribution is 5.94. The van der Waals surface area contributed by atoms with Crippen LogP contribution in [0.15, 0.2) is 47.3 Å². The van der Waals surface area contributed by atoms with Crippen molar-refractivity contribution in [3.05, 3.63) is 53.6 Å². The lowest BCUT2D eigenvalue weighted by Gasteiger charge is -2.37. The topological polar surface area (TPSA) is 85.6 Å². The number of hydrazone groups is 1. The molecule has 0 saturated carbocycles. The Hall–Kier alpha value is -2.84. The molecule has 0 bridgehead atoms. The van der Waals surface area contributed by atoms with Crippen LogP contribution in [0.2, 0.25) is 0 Å². The summed E-state index contributed by atoms with van der Waals surface area (Å²) in [7, 11) is 0. The van der Waals surface area contributed by atoms with Gasteiger partial charge in [0.1, 0.15) is 17.8 Å². The molecule has 156 valence electrons. The van der Waals surface area contributed by atoms with Crippen molar-refractivity contribution in [2.45, 2.75) is 43.9 Å². The smallest absolute Gasteiger partial charge is 0.145 e. The number of hydrogen-bond acceptors (Lipinski definition) is 6. The summed E-state index contributed by atoms with van der Waals surface area (Å²) in [5, 5.41) is 22.6. The predicted molar refractivity (Wildman–Crippen MR) is 114 cm³/mol. The van der Waals surface area contributed by atoms with Crippen LogP contribution in [0.1, 0.15) is 31.2 Å². The van der Waals surface area contributed by atoms with Gasteiger partial charge in [0.2, 0.25) is 0 Å². The van der Waals surface area contributed by atoms with E-state index in [1.165, 1.54) is 12.1 Å². The van der Waals surface area contributed by atoms with Gasteiger partial charge in [0.15, 0.2) is 0 Å². The van der Waals surface area contributed by atoms with Crippen molar-refractivity contribution in [2.24, 2.45) is 5.10 Å². The molecular weight excluding hydrogens is 383 g/mol. The molecule has 3 aliphatic heterocycles. The summed E-state index contributed by atoms with van der Waals surface area (Å²) in [5.41, 5.74) is 2.67. The molecule has 0 radical (unpaired) electrons. The van der Waals surface area contributed by atoms with Crippen molar-refractivity contribution in [3.8, 4) is 0 Å². The Balaban J connectivity index is 1.37. The van der Waals surface area contributed by atoms with Gasteiger partial charge in [0.05, 0.1) is 11.4 Å². The molecule has 2 aromatic rings. The molecule has 30 heavy (non-hydrogen) atoms. The molecule has 5 rings (SSSR count). The maximum absolute atomic E-state index is 13.7. The molecular formula is C22H25FN6O. The van der Waals surface area contributed by atoms with Crippen molar-refractivity contribution in [1.82, 2.24) is 20.6 Å². The van der Waals surface area contributed by atoms with E-state index in [0.29, 0.717) is 11.9 Å². The fourth-order valence-electron chi connectivity index (χ4n) is 4.37. The second kappa shape index (κ2) is 7.77. The number of amidine groups is 1. The Morgan fingerprint density at radius 1 is 1.30 bits per heavy atom. The van der Waals surface area contributed by atoms with E-state index in [9.17, 15) is 4.39 Å². The fourth-order valence-corrected chi connectivity index (χ4v) is 4.37. The van der Waals surface area contributed by atoms with Gasteiger partial charge in [-0.2, -0.15) is 5.10 Å². The SMILES string of the molecule is CC(NC1CCOCC1)C1=CC(=N)N2N=CC(c3cnc4ccc(F)cc4c3)C2N1. The standard InChI is InChI=1S/C22H25FN6O/c1-13(27-17-4-6-30-7-5-17)20-10-21(24)29-22(28-20)18(12-26-29)15-8-14-9-16(23)2-3-19(14)25-11-15/h2-3,8-13,17-18,22,24,27-28H,4-7H2,1H3. The van der Waals surface area contributed by atoms with E-state index in [4.69, 9.17) is 10.1 Å². The number of fused-ring (bicyclic) bond motifs is 2. The molecule has 7 nitrogen and oxygen atoms in total. The Labute approximate surface area is 174 Å². The zero-order valence-corrected chi connectivity index (χ0v) is 16.8. The number of hydrogen-bond donors (Lipinski definition) is 3. The Bertz CT molecular complexity index is 1030. The lowest BCUT2D eigenvalue weighted by Crippen LogP contribution is -2.53. The van der Waals surface area contributed by atoms with E-state index in [0.717, 1.165) is 48.2 Å². The fraction of sp³-hybridized carbons (Fsp3) is 0.409. The quantitative estimate of drug-likeness (QED) is 0.724. The largest absolute Gasteiger partial charge is 0.381 e. The van der Waals surface area contributed by atoms with E-state index < -0.39 is 0 Å². The van der Waals surface area contributed by atoms with Gasteiger partial charge in [-0.05, 0) is 49.6 Å². The highest BCUT2D eigenvalue weighted by Gasteiger charge is 2.38. The minimum absolute atomic E-state index is 0.0840. The van der Waals surface area contributed by atoms with E-state index in [1.807, 2.05) is 24.6 Å². The van der Waals surface area contributed by atoms with Gasteiger partial charge in [-0.15, -0.1) is 0 Å². The molecule has 4 heterocycles. The molecule has 3 aliphatic rings. The number of ether oxygens (including phenoxy) is 1. The number of pyridine rings is 1. The number of rotatable bonds is 4. The monoisotopic (exact) mass is 408 g/mol. The minimum atomic E-state index is -0.279. The van der Waals surface area contributed by atoms with Crippen LogP contribution in [0.5, 0.6) is 0 Å². The van der Waals surface area contributed by atoms with Crippen LogP contribution in [0.4, 0.5) is 4.39 Å². The van der Waals surface area contributed by atoms with Crippen molar-refractivity contribution < 1.29 is 9.13 Å². The number of halogens is 1. The number of aromatic nitrogens is 1. The van der Waals surface area contributed by atoms with Gasteiger partial charge in [0.25, 0.3) is 0 Å². The molecule has 1 saturated heterocycles. The first-order chi connectivity index (χ1) is 14.6. The Morgan fingerprint density at radius 2 is 2.13 bits per heavy atom. The van der Waals surface area contributed by atoms with Gasteiger partial charge in [-0.1, -0.05) is 0 Å². The van der Waals surface area contributed by atoms with Gasteiger partial charge in [-0.3, -0.25) is 10.4 Å². The summed E-state index contributed by atoms with van der Waals surface area (Å²) in [6.45, 7) is 3.69. The van der Waals surface area contributed by atoms with E-state index >= 15 is 0 Å². The zero-order chi connectivity index (χ0) is 20.7. The first-order valence-corrected chi connectivity index (χ1v) is 10.4. The molecule has 8 heteroatoms. The van der Waals surface area contributed by atoms with Crippen LogP contribution in [0.25, 0.3) is 10.9 Å². The average molecular weight is 408 g/mol. The van der Waals surface area contributed by atoms with Crippen molar-refractivity contribution in [1.29, 1.82) is 5.41 Å². The lowest BCUT2D eigenvalue weighted by atomic mass is 9.96. The molecule has 0 aliphatic carbocycles. The predicted octanol–water partition coefficient (Wildman–Crippen LogP) is 2.71. The normalized spacial score (nSPS) is 25.2. The zero-order valence-electron chi connectivity index (χ0n) is 16.8. The summed E-state index contributed by atoms with van der Waals surface area (Å²) >= 11 is 0. The highest BCUT2D eigenvalue weighted by atomic mass is 19.1. The second-order valence-electron chi connectivity index (χ2n) is 8.09. The van der Waals surface area contributed by atoms with Crippen LogP contribution < -0.4 is 10.6 Å². The minimum Gasteiger partial charge on any atom is -0.381 e. The van der Waals surface area contributed by atoms with Crippen LogP contribution in [0.3, 0.4) is 0 Å². The van der Waals surface area contributed by atoms with Gasteiger partial charge in [-0.25, -0.2) is 9.40 Å². The summed E-state index contributed by atoms with van der Waals surface area (Å²) in [5.74, 6) is -0.0172. The summed E-state index contributed by atoms with van der Waals surface area (Å²) in [6, 6.07) is 7.06. The summed E-state index contributed by atoms with van der Waals surface area (Å²) < 4.78 is 19.1. The van der Waals surface area contributed by atoms with Crippen molar-refractivity contribution >= 4 is 23.0 Å². The number of nitrogens with one attached hydrogen (secondary N) is 3. The van der Waals surface area contributed by atoms with Crippen LogP contribution in [-0.4, -0.2) is 53.5 Å². The third kappa shape index (κ3) is 3.57. The van der Waals surface area contributed by atoms with E-state index in [-0.39, 0.29) is 23.9 Å². The summed E-state index contributed by atoms with van der Waals surface area (Å²) in [6.07, 6.45) is 7.27. The maximum Gasteiger partial charge on any atom is 0.145 e. The maximum atomic E-state index is 13.7. The molecule has 0 amide bonds. The number of benzene rings is 1. The first-order valence-electron chi connectivity index (χ1n) is 10.4. The third-order valence-electron chi connectivity index (χ3n) is 6.03. The Morgan fingerprint density at radius 3 is 2.97 bits per heavy atom. The molecule has 1 aromatic heterocycles. The van der Waals surface area contributed by atoms with Crippen LogP contribution >= 0.6 is 0 Å². The molecule has 1 fully saturated rings. The van der Waals surface area contributed by atoms with Crippen molar-refractivity contribution in [2.75, 3.05) is 13.2 Å². The lowest BCUT2D eigenvalue weighted by molar-refractivity contribution is 0.0761. The van der Waals surface area contributed by atoms with Gasteiger partial charge >= 0.3 is 0 Å². The first kappa shape index (κ1) is 19.1. The molecule has 1 aromatic carbocycles. The van der Waals surface area contributed by atoms with Gasteiger partial charge < -0.3 is 15.4 Å².